The molecule has 0 bridgehead atoms. The Morgan fingerprint density at radius 2 is 1.76 bits per heavy atom. The average molecular weight is 902 g/mol. The Labute approximate surface area is 373 Å². The number of hydrogen-bond acceptors (Lipinski definition) is 11. The van der Waals surface area contributed by atoms with E-state index in [4.69, 9.17) is 19.4 Å². The van der Waals surface area contributed by atoms with Gasteiger partial charge in [-0.05, 0) is 88.2 Å². The molecule has 3 saturated carbocycles. The number of benzene rings is 1. The van der Waals surface area contributed by atoms with Crippen LogP contribution in [0.1, 0.15) is 108 Å². The molecule has 7 atom stereocenters. The molecule has 17 heteroatoms. The molecule has 338 valence electrons. The van der Waals surface area contributed by atoms with Crippen molar-refractivity contribution < 1.29 is 37.1 Å². The summed E-state index contributed by atoms with van der Waals surface area (Å²) in [6.45, 7) is 7.47. The van der Waals surface area contributed by atoms with Crippen LogP contribution < -0.4 is 24.8 Å². The Balaban J connectivity index is 1.05. The summed E-state index contributed by atoms with van der Waals surface area (Å²) in [5.74, 6) is 0.180. The summed E-state index contributed by atoms with van der Waals surface area (Å²) in [5, 5.41) is 8.91. The highest BCUT2D eigenvalue weighted by molar-refractivity contribution is 7.91. The van der Waals surface area contributed by atoms with E-state index in [2.05, 4.69) is 29.2 Å². The third-order valence-corrected chi connectivity index (χ3v) is 16.8. The molecule has 15 nitrogen and oxygen atoms in total. The molecule has 3 N–H and O–H groups in total. The molecule has 5 fully saturated rings. The number of rotatable bonds is 9. The number of amides is 5. The minimum absolute atomic E-state index is 0.0266. The molecular formula is C46H59N7O8S2. The van der Waals surface area contributed by atoms with Crippen molar-refractivity contribution in [2.75, 3.05) is 26.7 Å². The molecule has 9 rings (SSSR count). The lowest BCUT2D eigenvalue weighted by molar-refractivity contribution is -0.141. The molecule has 3 aromatic rings. The number of nitrogens with zero attached hydrogens (tertiary/aromatic N) is 4. The number of methoxy groups -OCH3 is 1. The molecule has 3 aliphatic heterocycles. The molecule has 63 heavy (non-hydrogen) atoms. The largest absolute Gasteiger partial charge is 0.496 e. The number of urea groups is 1. The Bertz CT molecular complexity index is 2420. The van der Waals surface area contributed by atoms with E-state index in [9.17, 15) is 22.8 Å². The number of carbonyl (C=O) groups is 4. The number of likely N-dealkylation sites (tertiary alicyclic amines) is 1. The third kappa shape index (κ3) is 8.75. The first-order chi connectivity index (χ1) is 30.2. The topological polar surface area (TPSA) is 189 Å². The monoisotopic (exact) mass is 901 g/mol. The Kier molecular flexibility index (Phi) is 11.9. The molecule has 3 aliphatic carbocycles. The van der Waals surface area contributed by atoms with Crippen LogP contribution in [0.15, 0.2) is 35.7 Å². The van der Waals surface area contributed by atoms with Crippen LogP contribution in [0.25, 0.3) is 21.6 Å². The lowest BCUT2D eigenvalue weighted by Crippen LogP contribution is -2.58. The van der Waals surface area contributed by atoms with Crippen LogP contribution in [0.4, 0.5) is 4.79 Å². The maximum Gasteiger partial charge on any atom is 0.318 e. The molecule has 0 radical (unpaired) electrons. The van der Waals surface area contributed by atoms with Crippen molar-refractivity contribution in [3.63, 3.8) is 0 Å². The van der Waals surface area contributed by atoms with E-state index in [0.29, 0.717) is 73.3 Å². The Morgan fingerprint density at radius 1 is 0.984 bits per heavy atom. The van der Waals surface area contributed by atoms with Gasteiger partial charge in [0.2, 0.25) is 21.8 Å². The summed E-state index contributed by atoms with van der Waals surface area (Å²) in [4.78, 5) is 70.9. The molecule has 5 amide bonds. The predicted octanol–water partition coefficient (Wildman–Crippen LogP) is 5.96. The Morgan fingerprint density at radius 3 is 2.48 bits per heavy atom. The second kappa shape index (κ2) is 17.3. The summed E-state index contributed by atoms with van der Waals surface area (Å²) in [5.41, 5.74) is 1.55. The number of thiazole rings is 1. The molecule has 1 aromatic carbocycles. The first-order valence-electron chi connectivity index (χ1n) is 22.8. The van der Waals surface area contributed by atoms with E-state index in [1.807, 2.05) is 47.6 Å². The van der Waals surface area contributed by atoms with E-state index in [-0.39, 0.29) is 31.3 Å². The molecule has 5 heterocycles. The van der Waals surface area contributed by atoms with Gasteiger partial charge in [0.25, 0.3) is 5.91 Å². The molecule has 2 unspecified atom stereocenters. The predicted molar refractivity (Wildman–Crippen MR) is 239 cm³/mol. The molecule has 6 aliphatic rings. The van der Waals surface area contributed by atoms with E-state index in [1.165, 1.54) is 22.7 Å². The Hall–Kier alpha value is -4.77. The van der Waals surface area contributed by atoms with E-state index in [1.54, 1.807) is 7.11 Å². The van der Waals surface area contributed by atoms with Crippen LogP contribution in [0.3, 0.4) is 0 Å². The lowest BCUT2D eigenvalue weighted by atomic mass is 10.0. The van der Waals surface area contributed by atoms with Gasteiger partial charge >= 0.3 is 6.03 Å². The highest BCUT2D eigenvalue weighted by Crippen LogP contribution is 2.46. The molecular weight excluding hydrogens is 843 g/mol. The minimum atomic E-state index is -3.90. The lowest BCUT2D eigenvalue weighted by Gasteiger charge is -2.31. The van der Waals surface area contributed by atoms with Crippen LogP contribution in [0.5, 0.6) is 11.5 Å². The number of aryl methyl sites for hydroxylation is 1. The van der Waals surface area contributed by atoms with Gasteiger partial charge in [-0.15, -0.1) is 11.3 Å². The van der Waals surface area contributed by atoms with Gasteiger partial charge in [0, 0.05) is 47.8 Å². The van der Waals surface area contributed by atoms with Crippen LogP contribution in [0, 0.1) is 24.7 Å². The number of allylic oxidation sites excluding steroid dienone is 1. The number of carbonyl (C=O) groups excluding carboxylic acids is 4. The van der Waals surface area contributed by atoms with Crippen molar-refractivity contribution in [1.82, 2.24) is 35.1 Å². The summed E-state index contributed by atoms with van der Waals surface area (Å²) >= 11 is 1.49. The standard InChI is InChI=1S/C46H59N7O8S2/c1-26(2)36-25-62-42(48-36)35-20-39(33-17-18-38(60-4)27(3)40(33)47-35)61-31-19-37-41(54)50-46(44(56)51-63(58,59)32-15-16-32)21-30(46)13-8-6-5-7-9-14-34(43(55)53(37)24-31)49-45(57)52-22-28-11-10-12-29(28)23-52/h8,13,17-18,20,25-26,28-32,34,37H,5-7,9-12,14-16,19,21-24H2,1-4H3,(H,49,57)(H,50,54)(H,51,56)/t28?,29?,30-,31-,34+,37+,46-/m1/s1. The maximum absolute atomic E-state index is 15.0. The number of aromatic nitrogens is 2. The van der Waals surface area contributed by atoms with Gasteiger partial charge in [0.1, 0.15) is 45.9 Å². The van der Waals surface area contributed by atoms with Crippen LogP contribution in [-0.2, 0) is 24.4 Å². The van der Waals surface area contributed by atoms with Gasteiger partial charge in [-0.25, -0.2) is 23.2 Å². The number of nitrogens with one attached hydrogen (secondary N) is 3. The zero-order valence-electron chi connectivity index (χ0n) is 36.6. The van der Waals surface area contributed by atoms with Crippen LogP contribution in [0.2, 0.25) is 0 Å². The van der Waals surface area contributed by atoms with E-state index in [0.717, 1.165) is 53.8 Å². The zero-order valence-corrected chi connectivity index (χ0v) is 38.2. The molecule has 0 spiro atoms. The quantitative estimate of drug-likeness (QED) is 0.216. The molecule has 2 saturated heterocycles. The van der Waals surface area contributed by atoms with Gasteiger partial charge in [-0.3, -0.25) is 19.1 Å². The second-order valence-corrected chi connectivity index (χ2v) is 21.7. The van der Waals surface area contributed by atoms with Gasteiger partial charge in [0.15, 0.2) is 0 Å². The number of pyridine rings is 1. The highest BCUT2D eigenvalue weighted by atomic mass is 32.2. The first-order valence-corrected chi connectivity index (χ1v) is 25.2. The van der Waals surface area contributed by atoms with Crippen molar-refractivity contribution >= 4 is 56.0 Å². The van der Waals surface area contributed by atoms with Gasteiger partial charge in [0.05, 0.1) is 30.1 Å². The first kappa shape index (κ1) is 43.5. The zero-order chi connectivity index (χ0) is 44.2. The summed E-state index contributed by atoms with van der Waals surface area (Å²) in [6, 6.07) is 3.34. The van der Waals surface area contributed by atoms with Crippen LogP contribution >= 0.6 is 11.3 Å². The number of ether oxygens (including phenoxy) is 2. The fourth-order valence-corrected chi connectivity index (χ4v) is 12.4. The third-order valence-electron chi connectivity index (χ3n) is 14.1. The fraction of sp³-hybridized carbons (Fsp3) is 0.609. The molecule has 2 aromatic heterocycles. The summed E-state index contributed by atoms with van der Waals surface area (Å²) in [6.07, 6.45) is 11.3. The number of sulfonamides is 1. The van der Waals surface area contributed by atoms with Gasteiger partial charge in [-0.2, -0.15) is 0 Å². The van der Waals surface area contributed by atoms with E-state index >= 15 is 4.79 Å². The average Bonchev–Trinajstić information content (AvgIpc) is 3.92. The maximum atomic E-state index is 15.0. The highest BCUT2D eigenvalue weighted by Gasteiger charge is 2.62. The number of fused-ring (bicyclic) bond motifs is 4. The van der Waals surface area contributed by atoms with E-state index < -0.39 is 62.6 Å². The smallest absolute Gasteiger partial charge is 0.318 e. The normalized spacial score (nSPS) is 28.8. The van der Waals surface area contributed by atoms with Crippen molar-refractivity contribution in [1.29, 1.82) is 0 Å². The number of hydrogen-bond donors (Lipinski definition) is 3. The van der Waals surface area contributed by atoms with Crippen molar-refractivity contribution in [3.05, 3.63) is 47.0 Å². The summed E-state index contributed by atoms with van der Waals surface area (Å²) < 4.78 is 40.9. The fourth-order valence-electron chi connectivity index (χ4n) is 10.1. The van der Waals surface area contributed by atoms with Crippen molar-refractivity contribution in [3.8, 4) is 22.2 Å². The second-order valence-electron chi connectivity index (χ2n) is 18.9. The minimum Gasteiger partial charge on any atom is -0.496 e. The van der Waals surface area contributed by atoms with Crippen LogP contribution in [-0.4, -0.2) is 108 Å². The van der Waals surface area contributed by atoms with Crippen molar-refractivity contribution in [2.45, 2.75) is 133 Å². The van der Waals surface area contributed by atoms with Crippen molar-refractivity contribution in [2.24, 2.45) is 17.8 Å². The summed E-state index contributed by atoms with van der Waals surface area (Å²) in [7, 11) is -2.29. The SMILES string of the molecule is COc1ccc2c(O[C@@H]3C[C@H]4C(=O)N[C@]5(C(=O)NS(=O)(=O)C6CC6)C[C@H]5C=CCCCCC[C@H](NC(=O)N5CC6CCCC6C5)C(=O)N4C3)cc(-c3nc(C(C)C)cs3)nc2c1C. The van der Waals surface area contributed by atoms with Gasteiger partial charge in [-0.1, -0.05) is 45.3 Å². The van der Waals surface area contributed by atoms with Gasteiger partial charge < -0.3 is 29.9 Å².